The van der Waals surface area contributed by atoms with Crippen LogP contribution in [0.4, 0.5) is 0 Å². The first-order valence-electron chi connectivity index (χ1n) is 22.1. The summed E-state index contributed by atoms with van der Waals surface area (Å²) < 4.78 is 18.4. The van der Waals surface area contributed by atoms with Crippen molar-refractivity contribution in [3.05, 3.63) is 67.9 Å². The summed E-state index contributed by atoms with van der Waals surface area (Å²) in [6, 6.07) is 0. The van der Waals surface area contributed by atoms with E-state index in [1.807, 2.05) is 18.2 Å². The summed E-state index contributed by atoms with van der Waals surface area (Å²) in [6.45, 7) is 4.94. The second-order valence-corrected chi connectivity index (χ2v) is 14.6. The normalized spacial score (nSPS) is 11.6. The summed E-state index contributed by atoms with van der Waals surface area (Å²) >= 11 is 0. The van der Waals surface area contributed by atoms with Crippen molar-refractivity contribution in [2.45, 2.75) is 195 Å². The second kappa shape index (κ2) is 35.2. The molecule has 1 rings (SSSR count). The molecule has 1 aromatic rings. The van der Waals surface area contributed by atoms with Gasteiger partial charge < -0.3 is 14.2 Å². The lowest BCUT2D eigenvalue weighted by Crippen LogP contribution is -2.55. The Bertz CT molecular complexity index is 1300. The maximum absolute atomic E-state index is 13.4. The third kappa shape index (κ3) is 25.8. The molecule has 1 aromatic heterocycles. The molecule has 0 radical (unpaired) electrons. The Morgan fingerprint density at radius 2 is 0.632 bits per heavy atom. The van der Waals surface area contributed by atoms with E-state index < -0.39 is 35.0 Å². The Morgan fingerprint density at radius 3 is 0.895 bits per heavy atom. The summed E-state index contributed by atoms with van der Waals surface area (Å²) in [5.41, 5.74) is -2.73. The number of unbranched alkanes of at least 4 members (excludes halogenated alkanes) is 15. The summed E-state index contributed by atoms with van der Waals surface area (Å²) in [5, 5.41) is 0. The molecule has 0 aliphatic heterocycles. The zero-order valence-electron chi connectivity index (χ0n) is 35.7. The largest absolute Gasteiger partial charge is 0.464 e. The van der Waals surface area contributed by atoms with E-state index in [1.165, 1.54) is 77.0 Å². The number of hydrogen-bond acceptors (Lipinski definition) is 9. The smallest absolute Gasteiger partial charge is 0.336 e. The third-order valence-electron chi connectivity index (χ3n) is 9.59. The molecule has 0 amide bonds. The lowest BCUT2D eigenvalue weighted by atomic mass is 10.1. The molecular formula is C45H75N3O9. The van der Waals surface area contributed by atoms with Crippen LogP contribution in [-0.2, 0) is 48.2 Å². The zero-order chi connectivity index (χ0) is 41.8. The van der Waals surface area contributed by atoms with Gasteiger partial charge in [0.25, 0.3) is 0 Å². The lowest BCUT2D eigenvalue weighted by Gasteiger charge is -2.14. The molecule has 0 saturated heterocycles. The van der Waals surface area contributed by atoms with E-state index in [9.17, 15) is 28.8 Å². The van der Waals surface area contributed by atoms with Gasteiger partial charge in [0, 0.05) is 19.3 Å². The van der Waals surface area contributed by atoms with Gasteiger partial charge in [-0.1, -0.05) is 134 Å². The molecule has 57 heavy (non-hydrogen) atoms. The van der Waals surface area contributed by atoms with Gasteiger partial charge >= 0.3 is 35.0 Å². The van der Waals surface area contributed by atoms with Crippen LogP contribution in [0.1, 0.15) is 175 Å². The zero-order valence-corrected chi connectivity index (χ0v) is 35.7. The van der Waals surface area contributed by atoms with E-state index >= 15 is 0 Å². The summed E-state index contributed by atoms with van der Waals surface area (Å²) in [4.78, 5) is 77.3. The SMILES string of the molecule is CCCCCCC/C=C/CCC(=O)OCCn1c(=O)n(CCOC(=O)CC/C=C/CCCCCCC)c(=O)n(CCOC(=O)CC/C=C/CCCCCCC)c1=O. The molecule has 0 fully saturated rings. The Kier molecular flexibility index (Phi) is 31.6. The highest BCUT2D eigenvalue weighted by Crippen LogP contribution is 2.08. The van der Waals surface area contributed by atoms with Gasteiger partial charge in [0.15, 0.2) is 0 Å². The average molecular weight is 802 g/mol. The fourth-order valence-corrected chi connectivity index (χ4v) is 6.13. The topological polar surface area (TPSA) is 145 Å². The lowest BCUT2D eigenvalue weighted by molar-refractivity contribution is -0.144. The molecule has 0 saturated carbocycles. The van der Waals surface area contributed by atoms with Gasteiger partial charge in [-0.25, -0.2) is 28.1 Å². The van der Waals surface area contributed by atoms with Crippen LogP contribution >= 0.6 is 0 Å². The highest BCUT2D eigenvalue weighted by molar-refractivity contribution is 5.70. The van der Waals surface area contributed by atoms with E-state index in [1.54, 1.807) is 0 Å². The molecule has 0 N–H and O–H groups in total. The van der Waals surface area contributed by atoms with E-state index in [0.717, 1.165) is 52.2 Å². The monoisotopic (exact) mass is 802 g/mol. The minimum absolute atomic E-state index is 0.158. The molecule has 0 atom stereocenters. The van der Waals surface area contributed by atoms with Crippen molar-refractivity contribution in [1.82, 2.24) is 13.7 Å². The van der Waals surface area contributed by atoms with Gasteiger partial charge in [-0.3, -0.25) is 14.4 Å². The molecule has 0 aliphatic carbocycles. The number of carbonyl (C=O) groups is 3. The van der Waals surface area contributed by atoms with E-state index in [0.29, 0.717) is 19.3 Å². The first-order chi connectivity index (χ1) is 27.8. The van der Waals surface area contributed by atoms with Crippen molar-refractivity contribution in [3.8, 4) is 0 Å². The predicted octanol–water partition coefficient (Wildman–Crippen LogP) is 8.89. The van der Waals surface area contributed by atoms with Crippen LogP contribution in [0.2, 0.25) is 0 Å². The first-order valence-corrected chi connectivity index (χ1v) is 22.1. The number of carbonyl (C=O) groups excluding carboxylic acids is 3. The van der Waals surface area contributed by atoms with E-state index in [-0.39, 0.29) is 58.7 Å². The van der Waals surface area contributed by atoms with Crippen LogP contribution < -0.4 is 17.1 Å². The highest BCUT2D eigenvalue weighted by Gasteiger charge is 2.17. The number of rotatable bonds is 36. The highest BCUT2D eigenvalue weighted by atomic mass is 16.5. The van der Waals surface area contributed by atoms with Crippen LogP contribution in [0.5, 0.6) is 0 Å². The second-order valence-electron chi connectivity index (χ2n) is 14.6. The molecule has 12 nitrogen and oxygen atoms in total. The van der Waals surface area contributed by atoms with Gasteiger partial charge in [-0.15, -0.1) is 0 Å². The van der Waals surface area contributed by atoms with E-state index in [4.69, 9.17) is 14.2 Å². The molecular weight excluding hydrogens is 727 g/mol. The van der Waals surface area contributed by atoms with Crippen LogP contribution in [-0.4, -0.2) is 51.4 Å². The quantitative estimate of drug-likeness (QED) is 0.0281. The van der Waals surface area contributed by atoms with Crippen LogP contribution in [0, 0.1) is 0 Å². The van der Waals surface area contributed by atoms with Crippen LogP contribution in [0.3, 0.4) is 0 Å². The number of aromatic nitrogens is 3. The fourth-order valence-electron chi connectivity index (χ4n) is 6.13. The van der Waals surface area contributed by atoms with Crippen LogP contribution in [0.25, 0.3) is 0 Å². The molecule has 0 aliphatic rings. The Morgan fingerprint density at radius 1 is 0.386 bits per heavy atom. The summed E-state index contributed by atoms with van der Waals surface area (Å²) in [7, 11) is 0. The van der Waals surface area contributed by atoms with Gasteiger partial charge in [0.2, 0.25) is 0 Å². The van der Waals surface area contributed by atoms with E-state index in [2.05, 4.69) is 39.0 Å². The van der Waals surface area contributed by atoms with Crippen LogP contribution in [0.15, 0.2) is 50.8 Å². The van der Waals surface area contributed by atoms with Gasteiger partial charge in [0.1, 0.15) is 19.8 Å². The fraction of sp³-hybridized carbons (Fsp3) is 0.733. The molecule has 324 valence electrons. The Balaban J connectivity index is 2.81. The summed E-state index contributed by atoms with van der Waals surface area (Å²) in [6.07, 6.45) is 35.0. The first kappa shape index (κ1) is 51.1. The minimum Gasteiger partial charge on any atom is -0.464 e. The van der Waals surface area contributed by atoms with Crippen molar-refractivity contribution in [3.63, 3.8) is 0 Å². The molecule has 0 aromatic carbocycles. The van der Waals surface area contributed by atoms with Crippen molar-refractivity contribution in [1.29, 1.82) is 0 Å². The summed E-state index contributed by atoms with van der Waals surface area (Å²) in [5.74, 6) is -1.40. The molecule has 12 heteroatoms. The molecule has 1 heterocycles. The number of ether oxygens (including phenoxy) is 3. The number of hydrogen-bond donors (Lipinski definition) is 0. The third-order valence-corrected chi connectivity index (χ3v) is 9.59. The average Bonchev–Trinajstić information content (AvgIpc) is 3.19. The van der Waals surface area contributed by atoms with Crippen molar-refractivity contribution in [2.75, 3.05) is 19.8 Å². The molecule has 0 unspecified atom stereocenters. The number of allylic oxidation sites excluding steroid dienone is 6. The Labute approximate surface area is 341 Å². The van der Waals surface area contributed by atoms with Gasteiger partial charge in [-0.05, 0) is 57.8 Å². The van der Waals surface area contributed by atoms with Crippen molar-refractivity contribution < 1.29 is 28.6 Å². The number of esters is 3. The Hall–Kier alpha value is -3.96. The van der Waals surface area contributed by atoms with Gasteiger partial charge in [-0.2, -0.15) is 0 Å². The standard InChI is InChI=1S/C45H75N3O9/c1-4-7-10-13-16-19-22-25-28-31-40(49)55-37-34-46-43(52)47(35-38-56-41(50)32-29-26-23-20-17-14-11-8-5-2)45(54)48(44(46)53)36-39-57-42(51)33-30-27-24-21-18-15-12-9-6-3/h22-27H,4-21,28-39H2,1-3H3/b25-22+,26-23+,27-24+. The molecule has 0 bridgehead atoms. The molecule has 0 spiro atoms. The van der Waals surface area contributed by atoms with Crippen molar-refractivity contribution >= 4 is 17.9 Å². The maximum atomic E-state index is 13.4. The number of nitrogens with zero attached hydrogens (tertiary/aromatic N) is 3. The minimum atomic E-state index is -0.911. The maximum Gasteiger partial charge on any atom is 0.336 e. The van der Waals surface area contributed by atoms with Gasteiger partial charge in [0.05, 0.1) is 19.6 Å². The predicted molar refractivity (Wildman–Crippen MR) is 227 cm³/mol. The van der Waals surface area contributed by atoms with Crippen molar-refractivity contribution in [2.24, 2.45) is 0 Å².